The highest BCUT2D eigenvalue weighted by atomic mass is 16.5. The van der Waals surface area contributed by atoms with Crippen molar-refractivity contribution in [3.63, 3.8) is 0 Å². The summed E-state index contributed by atoms with van der Waals surface area (Å²) in [7, 11) is 0. The van der Waals surface area contributed by atoms with Gasteiger partial charge in [-0.2, -0.15) is 0 Å². The van der Waals surface area contributed by atoms with Gasteiger partial charge in [0.2, 0.25) is 0 Å². The van der Waals surface area contributed by atoms with Gasteiger partial charge in [0.15, 0.2) is 0 Å². The van der Waals surface area contributed by atoms with Gasteiger partial charge in [-0.25, -0.2) is 0 Å². The number of ether oxygens (including phenoxy) is 2. The zero-order valence-corrected chi connectivity index (χ0v) is 31.1. The zero-order valence-electron chi connectivity index (χ0n) is 31.1. The Kier molecular flexibility index (Phi) is 36.6. The maximum atomic E-state index is 12.3. The lowest BCUT2D eigenvalue weighted by Crippen LogP contribution is -2.18. The number of esters is 2. The second-order valence-electron chi connectivity index (χ2n) is 13.6. The van der Waals surface area contributed by atoms with Gasteiger partial charge in [0, 0.05) is 12.8 Å². The lowest BCUT2D eigenvalue weighted by molar-refractivity contribution is -0.151. The minimum atomic E-state index is -0.0909. The molecule has 0 saturated carbocycles. The molecule has 4 nitrogen and oxygen atoms in total. The molecule has 0 N–H and O–H groups in total. The average molecular weight is 647 g/mol. The fraction of sp³-hybridized carbons (Fsp3) is 0.857. The summed E-state index contributed by atoms with van der Waals surface area (Å²) in [5.41, 5.74) is 0. The summed E-state index contributed by atoms with van der Waals surface area (Å²) in [4.78, 5) is 24.4. The quantitative estimate of drug-likeness (QED) is 0.0386. The average Bonchev–Trinajstić information content (AvgIpc) is 3.06. The normalized spacial score (nSPS) is 12.3. The van der Waals surface area contributed by atoms with E-state index in [-0.39, 0.29) is 18.0 Å². The van der Waals surface area contributed by atoms with Crippen LogP contribution < -0.4 is 0 Å². The summed E-state index contributed by atoms with van der Waals surface area (Å²) in [6.07, 6.45) is 45.3. The number of rotatable bonds is 36. The molecule has 0 aliphatic carbocycles. The summed E-state index contributed by atoms with van der Waals surface area (Å²) in [5, 5.41) is 0. The van der Waals surface area contributed by atoms with Gasteiger partial charge < -0.3 is 9.47 Å². The van der Waals surface area contributed by atoms with Gasteiger partial charge in [0.05, 0.1) is 6.61 Å². The third kappa shape index (κ3) is 35.3. The van der Waals surface area contributed by atoms with Crippen LogP contribution in [-0.2, 0) is 19.1 Å². The van der Waals surface area contributed by atoms with Crippen molar-refractivity contribution in [3.05, 3.63) is 24.3 Å². The summed E-state index contributed by atoms with van der Waals surface area (Å²) in [6, 6.07) is 0. The van der Waals surface area contributed by atoms with Crippen molar-refractivity contribution in [2.45, 2.75) is 226 Å². The standard InChI is InChI=1S/C42H78O4/c1-4-7-9-11-13-15-17-19-21-23-25-27-29-31-33-37-41(43)45-39-35-36-40(6-3)46-42(44)38-34-32-30-28-26-24-22-20-18-16-14-12-10-8-5-2/h19-22,40H,4-18,23-39H2,1-3H3. The number of allylic oxidation sites excluding steroid dienone is 4. The molecule has 0 bridgehead atoms. The summed E-state index contributed by atoms with van der Waals surface area (Å²) < 4.78 is 11.1. The highest BCUT2D eigenvalue weighted by Crippen LogP contribution is 2.14. The number of carbonyl (C=O) groups is 2. The van der Waals surface area contributed by atoms with Crippen LogP contribution in [-0.4, -0.2) is 24.6 Å². The molecule has 1 unspecified atom stereocenters. The van der Waals surface area contributed by atoms with Gasteiger partial charge in [-0.05, 0) is 83.5 Å². The molecule has 0 aromatic carbocycles. The van der Waals surface area contributed by atoms with Gasteiger partial charge in [-0.1, -0.05) is 148 Å². The maximum absolute atomic E-state index is 12.3. The van der Waals surface area contributed by atoms with Crippen molar-refractivity contribution in [2.75, 3.05) is 6.61 Å². The number of carbonyl (C=O) groups excluding carboxylic acids is 2. The summed E-state index contributed by atoms with van der Waals surface area (Å²) in [6.45, 7) is 7.01. The molecule has 0 aromatic rings. The van der Waals surface area contributed by atoms with Crippen molar-refractivity contribution in [1.82, 2.24) is 0 Å². The van der Waals surface area contributed by atoms with E-state index in [1.807, 2.05) is 0 Å². The van der Waals surface area contributed by atoms with E-state index in [0.29, 0.717) is 19.4 Å². The third-order valence-corrected chi connectivity index (χ3v) is 8.97. The van der Waals surface area contributed by atoms with Crippen LogP contribution in [0.5, 0.6) is 0 Å². The van der Waals surface area contributed by atoms with Gasteiger partial charge in [-0.3, -0.25) is 9.59 Å². The molecular weight excluding hydrogens is 568 g/mol. The first-order valence-electron chi connectivity index (χ1n) is 20.3. The van der Waals surface area contributed by atoms with Crippen molar-refractivity contribution in [3.8, 4) is 0 Å². The molecule has 1 atom stereocenters. The van der Waals surface area contributed by atoms with Crippen molar-refractivity contribution in [2.24, 2.45) is 0 Å². The van der Waals surface area contributed by atoms with Crippen LogP contribution in [0.2, 0.25) is 0 Å². The maximum Gasteiger partial charge on any atom is 0.306 e. The van der Waals surface area contributed by atoms with Crippen LogP contribution in [0.15, 0.2) is 24.3 Å². The van der Waals surface area contributed by atoms with Gasteiger partial charge in [0.1, 0.15) is 6.10 Å². The summed E-state index contributed by atoms with van der Waals surface area (Å²) in [5.74, 6) is -0.169. The van der Waals surface area contributed by atoms with E-state index in [9.17, 15) is 9.59 Å². The molecule has 4 heteroatoms. The van der Waals surface area contributed by atoms with E-state index in [0.717, 1.165) is 44.9 Å². The minimum Gasteiger partial charge on any atom is -0.466 e. The Morgan fingerprint density at radius 3 is 1.24 bits per heavy atom. The molecule has 0 aromatic heterocycles. The van der Waals surface area contributed by atoms with Gasteiger partial charge in [0.25, 0.3) is 0 Å². The largest absolute Gasteiger partial charge is 0.466 e. The molecule has 0 fully saturated rings. The number of hydrogen-bond acceptors (Lipinski definition) is 4. The van der Waals surface area contributed by atoms with E-state index in [1.165, 1.54) is 141 Å². The fourth-order valence-corrected chi connectivity index (χ4v) is 5.84. The van der Waals surface area contributed by atoms with E-state index < -0.39 is 0 Å². The van der Waals surface area contributed by atoms with E-state index in [4.69, 9.17) is 9.47 Å². The number of hydrogen-bond donors (Lipinski definition) is 0. The van der Waals surface area contributed by atoms with Crippen LogP contribution in [0.3, 0.4) is 0 Å². The van der Waals surface area contributed by atoms with Crippen LogP contribution >= 0.6 is 0 Å². The molecule has 0 spiro atoms. The molecule has 0 radical (unpaired) electrons. The van der Waals surface area contributed by atoms with Crippen molar-refractivity contribution in [1.29, 1.82) is 0 Å². The Bertz CT molecular complexity index is 698. The predicted molar refractivity (Wildman–Crippen MR) is 199 cm³/mol. The topological polar surface area (TPSA) is 52.6 Å². The lowest BCUT2D eigenvalue weighted by atomic mass is 10.1. The van der Waals surface area contributed by atoms with E-state index in [2.05, 4.69) is 45.1 Å². The Morgan fingerprint density at radius 2 is 0.826 bits per heavy atom. The van der Waals surface area contributed by atoms with Crippen LogP contribution in [0, 0.1) is 0 Å². The first-order valence-corrected chi connectivity index (χ1v) is 20.3. The van der Waals surface area contributed by atoms with Crippen molar-refractivity contribution >= 4 is 11.9 Å². The Balaban J connectivity index is 3.55. The Hall–Kier alpha value is -1.58. The Morgan fingerprint density at radius 1 is 0.457 bits per heavy atom. The lowest BCUT2D eigenvalue weighted by Gasteiger charge is -2.16. The third-order valence-electron chi connectivity index (χ3n) is 8.97. The first-order chi connectivity index (χ1) is 22.6. The molecule has 46 heavy (non-hydrogen) atoms. The molecule has 0 aliphatic rings. The van der Waals surface area contributed by atoms with Gasteiger partial charge >= 0.3 is 11.9 Å². The molecule has 0 aliphatic heterocycles. The highest BCUT2D eigenvalue weighted by Gasteiger charge is 2.13. The molecule has 0 heterocycles. The Labute approximate surface area is 287 Å². The van der Waals surface area contributed by atoms with Crippen LogP contribution in [0.1, 0.15) is 220 Å². The van der Waals surface area contributed by atoms with Crippen LogP contribution in [0.4, 0.5) is 0 Å². The monoisotopic (exact) mass is 647 g/mol. The zero-order chi connectivity index (χ0) is 33.6. The van der Waals surface area contributed by atoms with E-state index in [1.54, 1.807) is 0 Å². The molecular formula is C42H78O4. The molecule has 270 valence electrons. The molecule has 0 saturated heterocycles. The SMILES string of the molecule is CCCCCCCCC=CCCCCCCCC(=O)OCCCC(CC)OC(=O)CCCCCCCC=CCCCCCCCC. The minimum absolute atomic E-state index is 0.0697. The van der Waals surface area contributed by atoms with E-state index >= 15 is 0 Å². The first kappa shape index (κ1) is 44.4. The second kappa shape index (κ2) is 37.9. The fourth-order valence-electron chi connectivity index (χ4n) is 5.84. The van der Waals surface area contributed by atoms with Crippen molar-refractivity contribution < 1.29 is 19.1 Å². The van der Waals surface area contributed by atoms with Gasteiger partial charge in [-0.15, -0.1) is 0 Å². The smallest absolute Gasteiger partial charge is 0.306 e. The number of unbranched alkanes of at least 4 members (excludes halogenated alkanes) is 22. The molecule has 0 amide bonds. The predicted octanol–water partition coefficient (Wildman–Crippen LogP) is 13.7. The van der Waals surface area contributed by atoms with Crippen LogP contribution in [0.25, 0.3) is 0 Å². The second-order valence-corrected chi connectivity index (χ2v) is 13.6. The highest BCUT2D eigenvalue weighted by molar-refractivity contribution is 5.69. The summed E-state index contributed by atoms with van der Waals surface area (Å²) >= 11 is 0. The molecule has 0 rings (SSSR count).